The smallest absolute Gasteiger partial charge is 0.409 e. The Bertz CT molecular complexity index is 2150. The number of hydrogen-bond acceptors (Lipinski definition) is 7. The molecule has 0 spiro atoms. The minimum Gasteiger partial charge on any atom is -0.762 e. The summed E-state index contributed by atoms with van der Waals surface area (Å²) in [5.74, 6) is 1.91. The van der Waals surface area contributed by atoms with Crippen LogP contribution in [-0.4, -0.2) is 54.5 Å². The lowest BCUT2D eigenvalue weighted by molar-refractivity contribution is 0.0873. The Morgan fingerprint density at radius 3 is 2.08 bits per heavy atom. The summed E-state index contributed by atoms with van der Waals surface area (Å²) >= 11 is 0. The molecule has 254 valence electrons. The highest BCUT2D eigenvalue weighted by atomic mass is 16.6. The summed E-state index contributed by atoms with van der Waals surface area (Å²) in [6, 6.07) is 25.9. The summed E-state index contributed by atoms with van der Waals surface area (Å²) in [6.45, 7) is 11.6. The molecule has 1 aliphatic heterocycles. The normalized spacial score (nSPS) is 16.2. The molecule has 52 heavy (non-hydrogen) atoms. The van der Waals surface area contributed by atoms with Gasteiger partial charge in [0.15, 0.2) is 0 Å². The maximum Gasteiger partial charge on any atom is 0.409 e. The Morgan fingerprint density at radius 2 is 1.54 bits per heavy atom. The standard InChI is InChI=1S/C42H33N8O2/c1-3-52-42(51)50-24-22-49(23-25-50)41-33(16-10-18-35(26-43)39(37(28-45)29-46)31-12-6-4-7-13-31)20-21-34(41)17-11-19-36(27-44)40(38(30-47)48-2)32-14-8-5-9-15-32/h4-19H,3,20-25H2,1H3/q-1/b17-11+,18-10+,33-16+,36-19+,39-35-,40-38+. The molecule has 0 bridgehead atoms. The zero-order valence-corrected chi connectivity index (χ0v) is 28.6. The first kappa shape index (κ1) is 37.4. The lowest BCUT2D eigenvalue weighted by Crippen LogP contribution is -2.48. The molecule has 0 aromatic heterocycles. The van der Waals surface area contributed by atoms with E-state index in [4.69, 9.17) is 11.3 Å². The average molecular weight is 682 g/mol. The van der Waals surface area contributed by atoms with Gasteiger partial charge in [-0.2, -0.15) is 15.8 Å². The molecule has 2 aromatic carbocycles. The predicted octanol–water partition coefficient (Wildman–Crippen LogP) is 7.82. The molecule has 10 heteroatoms. The second-order valence-corrected chi connectivity index (χ2v) is 11.3. The van der Waals surface area contributed by atoms with Crippen molar-refractivity contribution in [3.63, 3.8) is 0 Å². The SMILES string of the molecule is [C-]#[N+]/C(C#N)=C(/C(C#N)=C/C=C/C1=C(N2CCN(C(=O)OCC)CC2)C(=C/C=C/C(C#N)=C(/C(=C=[N-])C#N)c2ccccc2)/CC1)c1ccccc1. The van der Waals surface area contributed by atoms with Crippen LogP contribution < -0.4 is 0 Å². The van der Waals surface area contributed by atoms with Gasteiger partial charge < -0.3 is 19.9 Å². The second kappa shape index (κ2) is 19.0. The van der Waals surface area contributed by atoms with Gasteiger partial charge in [0.2, 0.25) is 0 Å². The summed E-state index contributed by atoms with van der Waals surface area (Å²) in [5.41, 5.74) is 4.61. The molecule has 1 amide bonds. The highest BCUT2D eigenvalue weighted by Crippen LogP contribution is 2.36. The quantitative estimate of drug-likeness (QED) is 0.107. The van der Waals surface area contributed by atoms with E-state index in [9.17, 15) is 31.3 Å². The van der Waals surface area contributed by atoms with Crippen LogP contribution in [0.25, 0.3) is 21.4 Å². The Labute approximate surface area is 304 Å². The highest BCUT2D eigenvalue weighted by molar-refractivity contribution is 5.97. The third-order valence-corrected chi connectivity index (χ3v) is 8.35. The van der Waals surface area contributed by atoms with Crippen LogP contribution in [0.5, 0.6) is 0 Å². The lowest BCUT2D eigenvalue weighted by atomic mass is 9.94. The Kier molecular flexibility index (Phi) is 13.6. The number of nitriles is 4. The van der Waals surface area contributed by atoms with E-state index >= 15 is 0 Å². The van der Waals surface area contributed by atoms with E-state index in [1.807, 2.05) is 42.3 Å². The minimum absolute atomic E-state index is 0.165. The van der Waals surface area contributed by atoms with Crippen molar-refractivity contribution in [3.05, 3.63) is 164 Å². The molecule has 4 rings (SSSR count). The third-order valence-electron chi connectivity index (χ3n) is 8.35. The zero-order chi connectivity index (χ0) is 37.3. The Balaban J connectivity index is 1.77. The van der Waals surface area contributed by atoms with E-state index in [0.29, 0.717) is 50.1 Å². The number of ether oxygens (including phenoxy) is 1. The molecule has 1 fully saturated rings. The van der Waals surface area contributed by atoms with Crippen molar-refractivity contribution in [1.29, 1.82) is 21.0 Å². The van der Waals surface area contributed by atoms with Crippen LogP contribution in [0.15, 0.2) is 136 Å². The summed E-state index contributed by atoms with van der Waals surface area (Å²) in [7, 11) is 0. The van der Waals surface area contributed by atoms with Gasteiger partial charge in [0.25, 0.3) is 5.70 Å². The van der Waals surface area contributed by atoms with Crippen molar-refractivity contribution in [2.24, 2.45) is 0 Å². The molecule has 0 saturated carbocycles. The van der Waals surface area contributed by atoms with Crippen molar-refractivity contribution in [2.45, 2.75) is 19.8 Å². The zero-order valence-electron chi connectivity index (χ0n) is 28.6. The first-order valence-corrected chi connectivity index (χ1v) is 16.4. The van der Waals surface area contributed by atoms with E-state index in [2.05, 4.69) is 21.9 Å². The fourth-order valence-electron chi connectivity index (χ4n) is 5.98. The van der Waals surface area contributed by atoms with Crippen LogP contribution in [-0.2, 0) is 4.74 Å². The number of piperazine rings is 1. The maximum atomic E-state index is 12.4. The lowest BCUT2D eigenvalue weighted by Gasteiger charge is -2.37. The van der Waals surface area contributed by atoms with Crippen molar-refractivity contribution < 1.29 is 9.53 Å². The molecular weight excluding hydrogens is 649 g/mol. The first-order valence-electron chi connectivity index (χ1n) is 16.4. The van der Waals surface area contributed by atoms with Crippen molar-refractivity contribution in [2.75, 3.05) is 32.8 Å². The molecule has 1 saturated heterocycles. The summed E-state index contributed by atoms with van der Waals surface area (Å²) in [6.07, 6.45) is 11.5. The van der Waals surface area contributed by atoms with Gasteiger partial charge in [-0.3, -0.25) is 0 Å². The van der Waals surface area contributed by atoms with Gasteiger partial charge in [-0.25, -0.2) is 20.8 Å². The number of carbonyl (C=O) groups is 1. The number of rotatable bonds is 10. The van der Waals surface area contributed by atoms with E-state index < -0.39 is 0 Å². The molecule has 1 aliphatic carbocycles. The number of amides is 1. The van der Waals surface area contributed by atoms with Crippen LogP contribution >= 0.6 is 0 Å². The molecule has 0 atom stereocenters. The first-order chi connectivity index (χ1) is 25.4. The Morgan fingerprint density at radius 1 is 0.885 bits per heavy atom. The maximum absolute atomic E-state index is 12.4. The topological polar surface area (TPSA) is 155 Å². The van der Waals surface area contributed by atoms with Gasteiger partial charge in [-0.15, -0.1) is 0 Å². The predicted molar refractivity (Wildman–Crippen MR) is 199 cm³/mol. The number of nitrogens with zero attached hydrogens (tertiary/aromatic N) is 8. The largest absolute Gasteiger partial charge is 0.762 e. The second-order valence-electron chi connectivity index (χ2n) is 11.3. The van der Waals surface area contributed by atoms with Gasteiger partial charge in [-0.1, -0.05) is 85.0 Å². The number of allylic oxidation sites excluding steroid dienone is 14. The summed E-state index contributed by atoms with van der Waals surface area (Å²) in [5, 5.41) is 49.2. The fraction of sp³-hybridized carbons (Fsp3) is 0.190. The van der Waals surface area contributed by atoms with Crippen LogP contribution in [0.4, 0.5) is 4.79 Å². The molecule has 10 nitrogen and oxygen atoms in total. The van der Waals surface area contributed by atoms with Crippen molar-refractivity contribution >= 4 is 23.1 Å². The van der Waals surface area contributed by atoms with E-state index in [-0.39, 0.29) is 46.3 Å². The third kappa shape index (κ3) is 8.98. The highest BCUT2D eigenvalue weighted by Gasteiger charge is 2.28. The molecule has 0 N–H and O–H groups in total. The van der Waals surface area contributed by atoms with Gasteiger partial charge in [0.1, 0.15) is 6.07 Å². The number of hydrogen-bond donors (Lipinski definition) is 0. The minimum atomic E-state index is -0.357. The van der Waals surface area contributed by atoms with Crippen LogP contribution in [0, 0.1) is 51.9 Å². The van der Waals surface area contributed by atoms with Crippen molar-refractivity contribution in [3.8, 4) is 24.3 Å². The van der Waals surface area contributed by atoms with E-state index in [0.717, 1.165) is 16.8 Å². The summed E-state index contributed by atoms with van der Waals surface area (Å²) < 4.78 is 5.20. The van der Waals surface area contributed by atoms with Gasteiger partial charge in [0.05, 0.1) is 48.1 Å². The molecule has 2 aliphatic rings. The van der Waals surface area contributed by atoms with Crippen LogP contribution in [0.3, 0.4) is 0 Å². The average Bonchev–Trinajstić information content (AvgIpc) is 3.59. The van der Waals surface area contributed by atoms with Gasteiger partial charge >= 0.3 is 6.09 Å². The Hall–Kier alpha value is -7.41. The van der Waals surface area contributed by atoms with Crippen molar-refractivity contribution in [1.82, 2.24) is 9.80 Å². The van der Waals surface area contributed by atoms with E-state index in [1.54, 1.807) is 84.7 Å². The molecule has 1 heterocycles. The van der Waals surface area contributed by atoms with Crippen LogP contribution in [0.2, 0.25) is 0 Å². The van der Waals surface area contributed by atoms with Gasteiger partial charge in [0, 0.05) is 43.0 Å². The molecule has 2 aromatic rings. The number of carbonyl (C=O) groups excluding carboxylic acids is 1. The van der Waals surface area contributed by atoms with Crippen LogP contribution in [0.1, 0.15) is 30.9 Å². The molecular formula is C42H33N8O2-. The fourth-order valence-corrected chi connectivity index (χ4v) is 5.98. The number of benzene rings is 2. The monoisotopic (exact) mass is 681 g/mol. The molecule has 0 unspecified atom stereocenters. The molecule has 0 radical (unpaired) electrons. The van der Waals surface area contributed by atoms with Gasteiger partial charge in [-0.05, 0) is 54.2 Å². The van der Waals surface area contributed by atoms with E-state index in [1.165, 1.54) is 0 Å². The summed E-state index contributed by atoms with van der Waals surface area (Å²) in [4.78, 5) is 19.7.